The number of nitrogens with zero attached hydrogens (tertiary/aromatic N) is 1. The van der Waals surface area contributed by atoms with Gasteiger partial charge < -0.3 is 4.74 Å². The van der Waals surface area contributed by atoms with Gasteiger partial charge in [-0.15, -0.1) is 0 Å². The fourth-order valence-electron chi connectivity index (χ4n) is 5.01. The Labute approximate surface area is 136 Å². The van der Waals surface area contributed by atoms with E-state index in [9.17, 15) is 4.39 Å². The Kier molecular flexibility index (Phi) is 5.61. The average Bonchev–Trinajstić information content (AvgIpc) is 2.77. The fraction of sp³-hybridized carbons (Fsp3) is 1.00. The first-order valence-corrected chi connectivity index (χ1v) is 9.74. The summed E-state index contributed by atoms with van der Waals surface area (Å²) in [5.41, 5.74) is 0. The molecule has 0 radical (unpaired) electrons. The van der Waals surface area contributed by atoms with Gasteiger partial charge in [-0.1, -0.05) is 22.9 Å². The zero-order valence-corrected chi connectivity index (χ0v) is 14.7. The van der Waals surface area contributed by atoms with Crippen molar-refractivity contribution in [2.24, 2.45) is 11.8 Å². The first kappa shape index (κ1) is 16.2. The summed E-state index contributed by atoms with van der Waals surface area (Å²) < 4.78 is 19.6. The average molecular weight is 362 g/mol. The fourth-order valence-corrected chi connectivity index (χ4v) is 5.71. The number of fused-ring (bicyclic) bond motifs is 3. The molecule has 0 amide bonds. The van der Waals surface area contributed by atoms with Crippen molar-refractivity contribution in [1.82, 2.24) is 4.90 Å². The zero-order valence-electron chi connectivity index (χ0n) is 13.1. The quantitative estimate of drug-likeness (QED) is 0.538. The first-order valence-electron chi connectivity index (χ1n) is 8.82. The van der Waals surface area contributed by atoms with E-state index >= 15 is 0 Å². The highest BCUT2D eigenvalue weighted by Crippen LogP contribution is 2.50. The van der Waals surface area contributed by atoms with E-state index in [2.05, 4.69) is 27.8 Å². The molecular weight excluding hydrogens is 333 g/mol. The molecule has 1 aliphatic heterocycles. The van der Waals surface area contributed by atoms with Gasteiger partial charge >= 0.3 is 0 Å². The Morgan fingerprint density at radius 2 is 1.76 bits per heavy atom. The molecule has 6 unspecified atom stereocenters. The number of alkyl halides is 2. The van der Waals surface area contributed by atoms with Crippen molar-refractivity contribution in [2.45, 2.75) is 75.0 Å². The maximum Gasteiger partial charge on any atom is 0.101 e. The van der Waals surface area contributed by atoms with Crippen LogP contribution in [0.3, 0.4) is 0 Å². The summed E-state index contributed by atoms with van der Waals surface area (Å²) in [5, 5.41) is 0. The maximum atomic E-state index is 13.9. The Morgan fingerprint density at radius 1 is 1.05 bits per heavy atom. The molecule has 3 fully saturated rings. The summed E-state index contributed by atoms with van der Waals surface area (Å²) in [5.74, 6) is 1.29. The molecular formula is C17H29BrFNO. The van der Waals surface area contributed by atoms with Crippen LogP contribution >= 0.6 is 15.9 Å². The van der Waals surface area contributed by atoms with Crippen molar-refractivity contribution >= 4 is 15.9 Å². The van der Waals surface area contributed by atoms with Crippen LogP contribution in [-0.4, -0.2) is 47.7 Å². The first-order chi connectivity index (χ1) is 10.2. The van der Waals surface area contributed by atoms with Crippen LogP contribution in [0.5, 0.6) is 0 Å². The third-order valence-corrected chi connectivity index (χ3v) is 6.67. The predicted octanol–water partition coefficient (Wildman–Crippen LogP) is 4.17. The van der Waals surface area contributed by atoms with Crippen LogP contribution < -0.4 is 0 Å². The second-order valence-corrected chi connectivity index (χ2v) is 8.43. The molecule has 21 heavy (non-hydrogen) atoms. The van der Waals surface area contributed by atoms with Gasteiger partial charge in [0.05, 0.1) is 6.61 Å². The molecule has 0 aromatic carbocycles. The SMILES string of the molecule is CCCOCCN1C2CCC(F)CC2C2CC(Br)CCC21. The lowest BCUT2D eigenvalue weighted by Crippen LogP contribution is -2.43. The van der Waals surface area contributed by atoms with E-state index in [0.29, 0.717) is 28.7 Å². The molecule has 2 nitrogen and oxygen atoms in total. The van der Waals surface area contributed by atoms with Crippen molar-refractivity contribution < 1.29 is 9.13 Å². The van der Waals surface area contributed by atoms with E-state index in [1.165, 1.54) is 19.3 Å². The van der Waals surface area contributed by atoms with Gasteiger partial charge in [0.15, 0.2) is 0 Å². The van der Waals surface area contributed by atoms with Crippen LogP contribution in [0.2, 0.25) is 0 Å². The van der Waals surface area contributed by atoms with Crippen LogP contribution in [0.1, 0.15) is 51.9 Å². The van der Waals surface area contributed by atoms with E-state index in [1.807, 2.05) is 0 Å². The lowest BCUT2D eigenvalue weighted by molar-refractivity contribution is 0.0614. The molecule has 6 atom stereocenters. The van der Waals surface area contributed by atoms with Crippen LogP contribution in [0.25, 0.3) is 0 Å². The van der Waals surface area contributed by atoms with E-state index < -0.39 is 6.17 Å². The highest BCUT2D eigenvalue weighted by Gasteiger charge is 2.51. The molecule has 2 aliphatic carbocycles. The number of hydrogen-bond donors (Lipinski definition) is 0. The minimum atomic E-state index is -0.557. The Balaban J connectivity index is 1.66. The van der Waals surface area contributed by atoms with Gasteiger partial charge in [0.25, 0.3) is 0 Å². The molecule has 4 heteroatoms. The summed E-state index contributed by atoms with van der Waals surface area (Å²) >= 11 is 3.81. The monoisotopic (exact) mass is 361 g/mol. The molecule has 0 aromatic rings. The third kappa shape index (κ3) is 3.48. The smallest absolute Gasteiger partial charge is 0.101 e. The third-order valence-electron chi connectivity index (χ3n) is 5.84. The zero-order chi connectivity index (χ0) is 14.8. The van der Waals surface area contributed by atoms with Crippen molar-refractivity contribution in [3.8, 4) is 0 Å². The Morgan fingerprint density at radius 3 is 2.52 bits per heavy atom. The maximum absolute atomic E-state index is 13.9. The minimum Gasteiger partial charge on any atom is -0.380 e. The van der Waals surface area contributed by atoms with Gasteiger partial charge in [-0.05, 0) is 56.8 Å². The highest BCUT2D eigenvalue weighted by atomic mass is 79.9. The summed E-state index contributed by atoms with van der Waals surface area (Å²) in [4.78, 5) is 3.35. The summed E-state index contributed by atoms with van der Waals surface area (Å²) in [6.45, 7) is 4.91. The Bertz CT molecular complexity index is 317. The van der Waals surface area contributed by atoms with Crippen molar-refractivity contribution in [3.63, 3.8) is 0 Å². The van der Waals surface area contributed by atoms with Crippen molar-refractivity contribution in [2.75, 3.05) is 19.8 Å². The van der Waals surface area contributed by atoms with Gasteiger partial charge in [0.1, 0.15) is 6.17 Å². The second-order valence-electron chi connectivity index (χ2n) is 7.13. The lowest BCUT2D eigenvalue weighted by atomic mass is 9.73. The summed E-state index contributed by atoms with van der Waals surface area (Å²) in [6.07, 6.45) is 6.95. The van der Waals surface area contributed by atoms with E-state index in [-0.39, 0.29) is 0 Å². The Hall–Kier alpha value is 0.330. The molecule has 3 aliphatic rings. The van der Waals surface area contributed by atoms with Crippen LogP contribution in [0.4, 0.5) is 4.39 Å². The predicted molar refractivity (Wildman–Crippen MR) is 87.7 cm³/mol. The molecule has 1 heterocycles. The largest absolute Gasteiger partial charge is 0.380 e. The van der Waals surface area contributed by atoms with Gasteiger partial charge in [-0.3, -0.25) is 4.90 Å². The highest BCUT2D eigenvalue weighted by molar-refractivity contribution is 9.09. The summed E-state index contributed by atoms with van der Waals surface area (Å²) in [6, 6.07) is 1.30. The van der Waals surface area contributed by atoms with Crippen LogP contribution in [-0.2, 0) is 4.74 Å². The van der Waals surface area contributed by atoms with Gasteiger partial charge in [-0.2, -0.15) is 0 Å². The van der Waals surface area contributed by atoms with E-state index in [1.54, 1.807) is 0 Å². The molecule has 122 valence electrons. The molecule has 0 aromatic heterocycles. The van der Waals surface area contributed by atoms with Crippen LogP contribution in [0, 0.1) is 11.8 Å². The van der Waals surface area contributed by atoms with E-state index in [4.69, 9.17) is 4.74 Å². The van der Waals surface area contributed by atoms with Gasteiger partial charge in [0.2, 0.25) is 0 Å². The number of halogens is 2. The van der Waals surface area contributed by atoms with Crippen molar-refractivity contribution in [3.05, 3.63) is 0 Å². The van der Waals surface area contributed by atoms with Crippen molar-refractivity contribution in [1.29, 1.82) is 0 Å². The lowest BCUT2D eigenvalue weighted by Gasteiger charge is -2.35. The molecule has 3 rings (SSSR count). The summed E-state index contributed by atoms with van der Waals surface area (Å²) in [7, 11) is 0. The molecule has 0 spiro atoms. The normalized spacial score (nSPS) is 43.6. The van der Waals surface area contributed by atoms with Gasteiger partial charge in [0, 0.05) is 30.1 Å². The molecule has 0 N–H and O–H groups in total. The van der Waals surface area contributed by atoms with Crippen LogP contribution in [0.15, 0.2) is 0 Å². The van der Waals surface area contributed by atoms with Gasteiger partial charge in [-0.25, -0.2) is 4.39 Å². The topological polar surface area (TPSA) is 12.5 Å². The number of rotatable bonds is 5. The number of ether oxygens (including phenoxy) is 1. The second kappa shape index (κ2) is 7.27. The molecule has 2 saturated carbocycles. The number of likely N-dealkylation sites (tertiary alicyclic amines) is 1. The van der Waals surface area contributed by atoms with E-state index in [0.717, 1.165) is 45.4 Å². The number of hydrogen-bond acceptors (Lipinski definition) is 2. The standard InChI is InChI=1S/C17H29BrFNO/c1-2-8-21-9-7-20-16-5-3-12(18)10-14(16)15-11-13(19)4-6-17(15)20/h12-17H,2-11H2,1H3. The molecule has 1 saturated heterocycles. The minimum absolute atomic E-state index is 0.557. The molecule has 0 bridgehead atoms.